The number of amides is 2. The Balaban J connectivity index is 2.64. The molecule has 1 unspecified atom stereocenters. The molecule has 1 aliphatic rings. The molecule has 0 saturated carbocycles. The van der Waals surface area contributed by atoms with E-state index in [0.29, 0.717) is 13.1 Å². The molecule has 0 aliphatic carbocycles. The minimum atomic E-state index is -4.29. The number of nitrogens with one attached hydrogen (secondary N) is 1. The number of piperazine rings is 1. The Morgan fingerprint density at radius 3 is 2.56 bits per heavy atom. The number of urea groups is 1. The summed E-state index contributed by atoms with van der Waals surface area (Å²) < 4.78 is 37.8. The zero-order valence-corrected chi connectivity index (χ0v) is 9.34. The van der Waals surface area contributed by atoms with Gasteiger partial charge in [-0.3, -0.25) is 4.90 Å². The van der Waals surface area contributed by atoms with Crippen LogP contribution >= 0.6 is 0 Å². The molecule has 1 heterocycles. The lowest BCUT2D eigenvalue weighted by atomic mass is 10.2. The zero-order chi connectivity index (χ0) is 12.3. The van der Waals surface area contributed by atoms with E-state index in [-0.39, 0.29) is 13.1 Å². The lowest BCUT2D eigenvalue weighted by molar-refractivity contribution is -0.189. The minimum absolute atomic E-state index is 0.237. The van der Waals surface area contributed by atoms with Gasteiger partial charge in [0.2, 0.25) is 0 Å². The maximum Gasteiger partial charge on any atom is 0.405 e. The largest absolute Gasteiger partial charge is 0.405 e. The molecule has 7 heteroatoms. The second kappa shape index (κ2) is 4.90. The summed E-state index contributed by atoms with van der Waals surface area (Å²) in [6.45, 7) is 2.42. The number of likely N-dealkylation sites (N-methyl/N-ethyl adjacent to an activating group) is 1. The number of carbonyl (C=O) groups excluding carboxylic acids is 1. The van der Waals surface area contributed by atoms with Crippen molar-refractivity contribution in [2.24, 2.45) is 0 Å². The Bertz CT molecular complexity index is 257. The highest BCUT2D eigenvalue weighted by atomic mass is 19.4. The van der Waals surface area contributed by atoms with Gasteiger partial charge < -0.3 is 10.2 Å². The van der Waals surface area contributed by atoms with Crippen molar-refractivity contribution < 1.29 is 18.0 Å². The van der Waals surface area contributed by atoms with Crippen LogP contribution in [0, 0.1) is 0 Å². The first kappa shape index (κ1) is 13.1. The molecule has 0 aromatic carbocycles. The maximum absolute atomic E-state index is 12.6. The van der Waals surface area contributed by atoms with Gasteiger partial charge in [-0.15, -0.1) is 0 Å². The average molecular weight is 239 g/mol. The highest BCUT2D eigenvalue weighted by molar-refractivity contribution is 5.74. The molecule has 0 bridgehead atoms. The van der Waals surface area contributed by atoms with E-state index >= 15 is 0 Å². The predicted octanol–water partition coefficient (Wildman–Crippen LogP) is 0.894. The molecule has 94 valence electrons. The lowest BCUT2D eigenvalue weighted by Crippen LogP contribution is -2.60. The van der Waals surface area contributed by atoms with E-state index < -0.39 is 18.2 Å². The van der Waals surface area contributed by atoms with Gasteiger partial charge in [0.15, 0.2) is 0 Å². The van der Waals surface area contributed by atoms with Crippen LogP contribution < -0.4 is 5.32 Å². The van der Waals surface area contributed by atoms with Crippen LogP contribution in [0.15, 0.2) is 0 Å². The average Bonchev–Trinajstić information content (AvgIpc) is 2.16. The summed E-state index contributed by atoms with van der Waals surface area (Å²) in [5.41, 5.74) is 0. The first-order chi connectivity index (χ1) is 7.36. The fraction of sp³-hybridized carbons (Fsp3) is 0.889. The number of nitrogens with zero attached hydrogens (tertiary/aromatic N) is 2. The Kier molecular flexibility index (Phi) is 4.01. The van der Waals surface area contributed by atoms with E-state index in [9.17, 15) is 18.0 Å². The molecular weight excluding hydrogens is 223 g/mol. The smallest absolute Gasteiger partial charge is 0.338 e. The fourth-order valence-corrected chi connectivity index (χ4v) is 1.67. The molecule has 1 N–H and O–H groups in total. The molecule has 0 radical (unpaired) electrons. The third-order valence-electron chi connectivity index (χ3n) is 2.64. The predicted molar refractivity (Wildman–Crippen MR) is 53.1 cm³/mol. The topological polar surface area (TPSA) is 35.6 Å². The van der Waals surface area contributed by atoms with Crippen molar-refractivity contribution in [2.75, 3.05) is 33.2 Å². The van der Waals surface area contributed by atoms with Crippen molar-refractivity contribution in [3.63, 3.8) is 0 Å². The van der Waals surface area contributed by atoms with Gasteiger partial charge in [-0.2, -0.15) is 13.2 Å². The second-order valence-electron chi connectivity index (χ2n) is 3.82. The van der Waals surface area contributed by atoms with Gasteiger partial charge in [-0.1, -0.05) is 0 Å². The van der Waals surface area contributed by atoms with Gasteiger partial charge in [0, 0.05) is 26.2 Å². The zero-order valence-electron chi connectivity index (χ0n) is 9.34. The second-order valence-corrected chi connectivity index (χ2v) is 3.82. The molecular formula is C9H16F3N3O. The molecule has 1 rings (SSSR count). The van der Waals surface area contributed by atoms with Crippen LogP contribution in [0.3, 0.4) is 0 Å². The Morgan fingerprint density at radius 2 is 2.06 bits per heavy atom. The van der Waals surface area contributed by atoms with E-state index in [2.05, 4.69) is 5.32 Å². The van der Waals surface area contributed by atoms with Crippen LogP contribution in [0.25, 0.3) is 0 Å². The van der Waals surface area contributed by atoms with Gasteiger partial charge in [0.05, 0.1) is 0 Å². The van der Waals surface area contributed by atoms with Crippen LogP contribution in [-0.2, 0) is 0 Å². The first-order valence-electron chi connectivity index (χ1n) is 5.16. The molecule has 0 aromatic rings. The van der Waals surface area contributed by atoms with Crippen LogP contribution in [0.4, 0.5) is 18.0 Å². The third-order valence-corrected chi connectivity index (χ3v) is 2.64. The molecule has 1 saturated heterocycles. The highest BCUT2D eigenvalue weighted by Crippen LogP contribution is 2.26. The summed E-state index contributed by atoms with van der Waals surface area (Å²) in [4.78, 5) is 13.8. The summed E-state index contributed by atoms with van der Waals surface area (Å²) in [5, 5.41) is 2.50. The van der Waals surface area contributed by atoms with E-state index in [0.717, 1.165) is 0 Å². The number of halogens is 3. The number of alkyl halides is 3. The molecule has 0 spiro atoms. The van der Waals surface area contributed by atoms with Crippen molar-refractivity contribution in [3.8, 4) is 0 Å². The Hall–Kier alpha value is -0.980. The number of carbonyl (C=O) groups is 1. The van der Waals surface area contributed by atoms with Crippen molar-refractivity contribution in [3.05, 3.63) is 0 Å². The van der Waals surface area contributed by atoms with Crippen molar-refractivity contribution in [2.45, 2.75) is 19.1 Å². The van der Waals surface area contributed by atoms with Gasteiger partial charge in [0.25, 0.3) is 0 Å². The molecule has 16 heavy (non-hydrogen) atoms. The van der Waals surface area contributed by atoms with Crippen LogP contribution in [0.2, 0.25) is 0 Å². The van der Waals surface area contributed by atoms with E-state index in [1.807, 2.05) is 0 Å². The number of hydrogen-bond acceptors (Lipinski definition) is 2. The number of hydrogen-bond donors (Lipinski definition) is 1. The van der Waals surface area contributed by atoms with E-state index in [1.54, 1.807) is 6.92 Å². The summed E-state index contributed by atoms with van der Waals surface area (Å²) >= 11 is 0. The molecule has 0 aromatic heterocycles. The van der Waals surface area contributed by atoms with Gasteiger partial charge in [0.1, 0.15) is 6.04 Å². The molecule has 1 fully saturated rings. The van der Waals surface area contributed by atoms with Crippen LogP contribution in [0.1, 0.15) is 6.92 Å². The molecule has 4 nitrogen and oxygen atoms in total. The summed E-state index contributed by atoms with van der Waals surface area (Å²) in [6, 6.07) is -1.99. The lowest BCUT2D eigenvalue weighted by Gasteiger charge is -2.39. The van der Waals surface area contributed by atoms with E-state index in [1.165, 1.54) is 16.8 Å². The summed E-state index contributed by atoms with van der Waals surface area (Å²) in [7, 11) is 1.42. The highest BCUT2D eigenvalue weighted by Gasteiger charge is 2.45. The molecule has 2 amide bonds. The monoisotopic (exact) mass is 239 g/mol. The SMILES string of the molecule is CCNC(=O)N1CCN(C)C(C(F)(F)F)C1. The maximum atomic E-state index is 12.6. The fourth-order valence-electron chi connectivity index (χ4n) is 1.67. The quantitative estimate of drug-likeness (QED) is 0.737. The van der Waals surface area contributed by atoms with Gasteiger partial charge >= 0.3 is 12.2 Å². The van der Waals surface area contributed by atoms with Crippen molar-refractivity contribution >= 4 is 6.03 Å². The number of rotatable bonds is 1. The third kappa shape index (κ3) is 3.01. The Labute approximate surface area is 92.4 Å². The van der Waals surface area contributed by atoms with Crippen molar-refractivity contribution in [1.29, 1.82) is 0 Å². The molecule has 1 atom stereocenters. The van der Waals surface area contributed by atoms with Crippen LogP contribution in [-0.4, -0.2) is 61.3 Å². The normalized spacial score (nSPS) is 23.3. The summed E-state index contributed by atoms with van der Waals surface area (Å²) in [5.74, 6) is 0. The van der Waals surface area contributed by atoms with Crippen LogP contribution in [0.5, 0.6) is 0 Å². The van der Waals surface area contributed by atoms with Gasteiger partial charge in [-0.05, 0) is 14.0 Å². The summed E-state index contributed by atoms with van der Waals surface area (Å²) in [6.07, 6.45) is -4.29. The van der Waals surface area contributed by atoms with Gasteiger partial charge in [-0.25, -0.2) is 4.79 Å². The first-order valence-corrected chi connectivity index (χ1v) is 5.16. The Morgan fingerprint density at radius 1 is 1.44 bits per heavy atom. The standard InChI is InChI=1S/C9H16F3N3O/c1-3-13-8(16)15-5-4-14(2)7(6-15)9(10,11)12/h7H,3-6H2,1-2H3,(H,13,16). The van der Waals surface area contributed by atoms with Crippen molar-refractivity contribution in [1.82, 2.24) is 15.1 Å². The van der Waals surface area contributed by atoms with E-state index in [4.69, 9.17) is 0 Å². The minimum Gasteiger partial charge on any atom is -0.338 e. The molecule has 1 aliphatic heterocycles.